The maximum Gasteiger partial charge on any atom is 0.00429 e. The minimum Gasteiger partial charge on any atom is -0.143 e. The van der Waals surface area contributed by atoms with Crippen molar-refractivity contribution in [1.82, 2.24) is 0 Å². The Balaban J connectivity index is 1.81. The van der Waals surface area contributed by atoms with Gasteiger partial charge in [-0.2, -0.15) is 0 Å². The molecule has 1 heteroatoms. The van der Waals surface area contributed by atoms with Gasteiger partial charge in [-0.05, 0) is 61.8 Å². The zero-order chi connectivity index (χ0) is 13.2. The summed E-state index contributed by atoms with van der Waals surface area (Å²) in [4.78, 5) is 1.11. The fourth-order valence-corrected chi connectivity index (χ4v) is 3.94. The second kappa shape index (κ2) is 5.75. The number of allylic oxidation sites excluding steroid dienone is 2. The highest BCUT2D eigenvalue weighted by Crippen LogP contribution is 2.35. The normalized spacial score (nSPS) is 20.5. The van der Waals surface area contributed by atoms with E-state index >= 15 is 0 Å². The van der Waals surface area contributed by atoms with Gasteiger partial charge >= 0.3 is 0 Å². The molecule has 1 saturated carbocycles. The smallest absolute Gasteiger partial charge is 0.00429 e. The molecule has 0 saturated heterocycles. The van der Waals surface area contributed by atoms with Gasteiger partial charge in [0, 0.05) is 4.90 Å². The minimum absolute atomic E-state index is 0.968. The van der Waals surface area contributed by atoms with Crippen molar-refractivity contribution < 1.29 is 0 Å². The number of fused-ring (bicyclic) bond motifs is 1. The second-order valence-electron chi connectivity index (χ2n) is 6.37. The fourth-order valence-electron chi connectivity index (χ4n) is 3.71. The van der Waals surface area contributed by atoms with E-state index in [2.05, 4.69) is 37.8 Å². The van der Waals surface area contributed by atoms with Crippen molar-refractivity contribution in [3.63, 3.8) is 0 Å². The maximum absolute atomic E-state index is 4.48. The van der Waals surface area contributed by atoms with Crippen molar-refractivity contribution in [1.29, 1.82) is 0 Å². The van der Waals surface area contributed by atoms with Gasteiger partial charge in [0.25, 0.3) is 0 Å². The lowest BCUT2D eigenvalue weighted by atomic mass is 9.91. The third-order valence-corrected chi connectivity index (χ3v) is 5.25. The third kappa shape index (κ3) is 3.08. The molecule has 0 nitrogen and oxygen atoms in total. The predicted octanol–water partition coefficient (Wildman–Crippen LogP) is 5.36. The van der Waals surface area contributed by atoms with Crippen LogP contribution in [0.1, 0.15) is 56.6 Å². The number of thiol groups is 1. The summed E-state index contributed by atoms with van der Waals surface area (Å²) in [6, 6.07) is 6.71. The maximum atomic E-state index is 4.48. The van der Waals surface area contributed by atoms with E-state index in [9.17, 15) is 0 Å². The van der Waals surface area contributed by atoms with E-state index in [0.29, 0.717) is 0 Å². The molecular weight excluding hydrogens is 248 g/mol. The third-order valence-electron chi connectivity index (χ3n) is 4.98. The Morgan fingerprint density at radius 1 is 1.11 bits per heavy atom. The van der Waals surface area contributed by atoms with Crippen molar-refractivity contribution in [2.24, 2.45) is 5.92 Å². The summed E-state index contributed by atoms with van der Waals surface area (Å²) in [7, 11) is 0. The predicted molar refractivity (Wildman–Crippen MR) is 85.0 cm³/mol. The molecule has 0 heterocycles. The van der Waals surface area contributed by atoms with Crippen molar-refractivity contribution in [3.8, 4) is 0 Å². The molecule has 3 rings (SSSR count). The van der Waals surface area contributed by atoms with Crippen LogP contribution in [0.25, 0.3) is 0 Å². The van der Waals surface area contributed by atoms with E-state index < -0.39 is 0 Å². The molecule has 0 unspecified atom stereocenters. The van der Waals surface area contributed by atoms with Crippen LogP contribution in [0.4, 0.5) is 0 Å². The fraction of sp³-hybridized carbons (Fsp3) is 0.556. The first-order valence-electron chi connectivity index (χ1n) is 7.70. The summed E-state index contributed by atoms with van der Waals surface area (Å²) in [6.45, 7) is 2.36. The van der Waals surface area contributed by atoms with Crippen molar-refractivity contribution in [2.45, 2.75) is 63.2 Å². The van der Waals surface area contributed by atoms with Crippen LogP contribution >= 0.6 is 12.6 Å². The number of hydrogen-bond acceptors (Lipinski definition) is 1. The van der Waals surface area contributed by atoms with Crippen LogP contribution in [0.5, 0.6) is 0 Å². The van der Waals surface area contributed by atoms with E-state index in [1.54, 1.807) is 16.7 Å². The van der Waals surface area contributed by atoms with Crippen LogP contribution in [-0.2, 0) is 12.8 Å². The Morgan fingerprint density at radius 2 is 1.89 bits per heavy atom. The summed E-state index contributed by atoms with van der Waals surface area (Å²) in [6.07, 6.45) is 10.8. The number of rotatable bonds is 2. The van der Waals surface area contributed by atoms with E-state index in [0.717, 1.165) is 10.8 Å². The molecular formula is C18H24S. The Bertz CT molecular complexity index is 492. The Hall–Kier alpha value is -0.690. The van der Waals surface area contributed by atoms with E-state index in [4.69, 9.17) is 0 Å². The Labute approximate surface area is 122 Å². The topological polar surface area (TPSA) is 0 Å². The number of benzene rings is 1. The van der Waals surface area contributed by atoms with Gasteiger partial charge in [-0.1, -0.05) is 42.9 Å². The molecule has 1 fully saturated rings. The molecule has 2 aliphatic rings. The van der Waals surface area contributed by atoms with Crippen molar-refractivity contribution >= 4 is 12.6 Å². The Morgan fingerprint density at radius 3 is 2.68 bits per heavy atom. The van der Waals surface area contributed by atoms with Crippen LogP contribution in [0.2, 0.25) is 0 Å². The van der Waals surface area contributed by atoms with Crippen molar-refractivity contribution in [3.05, 3.63) is 40.5 Å². The van der Waals surface area contributed by atoms with Crippen LogP contribution in [-0.4, -0.2) is 0 Å². The second-order valence-corrected chi connectivity index (χ2v) is 6.88. The molecule has 0 radical (unpaired) electrons. The van der Waals surface area contributed by atoms with Crippen LogP contribution in [0, 0.1) is 5.92 Å². The SMILES string of the molecule is CC1=C(CC2CCCC2)Cc2ccc(S)cc2CC1. The molecule has 1 aromatic carbocycles. The molecule has 102 valence electrons. The van der Waals surface area contributed by atoms with Gasteiger partial charge in [-0.25, -0.2) is 0 Å². The summed E-state index contributed by atoms with van der Waals surface area (Å²) in [5.41, 5.74) is 6.46. The van der Waals surface area contributed by atoms with Gasteiger partial charge in [0.05, 0.1) is 0 Å². The summed E-state index contributed by atoms with van der Waals surface area (Å²) in [5.74, 6) is 0.968. The van der Waals surface area contributed by atoms with Crippen LogP contribution in [0.3, 0.4) is 0 Å². The van der Waals surface area contributed by atoms with Crippen LogP contribution in [0.15, 0.2) is 34.2 Å². The molecule has 0 amide bonds. The lowest BCUT2D eigenvalue weighted by Crippen LogP contribution is -2.01. The average molecular weight is 272 g/mol. The number of aryl methyl sites for hydroxylation is 1. The highest BCUT2D eigenvalue weighted by Gasteiger charge is 2.20. The quantitative estimate of drug-likeness (QED) is 0.543. The zero-order valence-electron chi connectivity index (χ0n) is 11.9. The highest BCUT2D eigenvalue weighted by atomic mass is 32.1. The standard InChI is InChI=1S/C18H24S/c1-13-6-7-16-12-18(19)9-8-15(16)11-17(13)10-14-4-2-3-5-14/h8-9,12,14,19H,2-7,10-11H2,1H3. The first-order valence-corrected chi connectivity index (χ1v) is 8.15. The molecule has 0 N–H and O–H groups in total. The lowest BCUT2D eigenvalue weighted by molar-refractivity contribution is 0.535. The van der Waals surface area contributed by atoms with Gasteiger partial charge in [0.2, 0.25) is 0 Å². The van der Waals surface area contributed by atoms with Gasteiger partial charge in [-0.3, -0.25) is 0 Å². The van der Waals surface area contributed by atoms with Crippen LogP contribution < -0.4 is 0 Å². The summed E-state index contributed by atoms with van der Waals surface area (Å²) >= 11 is 4.48. The summed E-state index contributed by atoms with van der Waals surface area (Å²) in [5, 5.41) is 0. The van der Waals surface area contributed by atoms with E-state index in [-0.39, 0.29) is 0 Å². The molecule has 0 aromatic heterocycles. The minimum atomic E-state index is 0.968. The van der Waals surface area contributed by atoms with Crippen molar-refractivity contribution in [2.75, 3.05) is 0 Å². The molecule has 19 heavy (non-hydrogen) atoms. The van der Waals surface area contributed by atoms with E-state index in [1.807, 2.05) is 0 Å². The van der Waals surface area contributed by atoms with Gasteiger partial charge in [0.15, 0.2) is 0 Å². The molecule has 0 spiro atoms. The molecule has 0 atom stereocenters. The summed E-state index contributed by atoms with van der Waals surface area (Å²) < 4.78 is 0. The lowest BCUT2D eigenvalue weighted by Gasteiger charge is -2.15. The van der Waals surface area contributed by atoms with E-state index in [1.165, 1.54) is 56.9 Å². The van der Waals surface area contributed by atoms with Gasteiger partial charge < -0.3 is 0 Å². The Kier molecular flexibility index (Phi) is 4.02. The molecule has 0 bridgehead atoms. The molecule has 1 aromatic rings. The first-order chi connectivity index (χ1) is 9.22. The number of hydrogen-bond donors (Lipinski definition) is 1. The van der Waals surface area contributed by atoms with Gasteiger partial charge in [-0.15, -0.1) is 12.6 Å². The largest absolute Gasteiger partial charge is 0.143 e. The molecule has 2 aliphatic carbocycles. The molecule has 0 aliphatic heterocycles. The van der Waals surface area contributed by atoms with Gasteiger partial charge in [0.1, 0.15) is 0 Å². The monoisotopic (exact) mass is 272 g/mol. The highest BCUT2D eigenvalue weighted by molar-refractivity contribution is 7.80. The zero-order valence-corrected chi connectivity index (χ0v) is 12.8. The first kappa shape index (κ1) is 13.3. The average Bonchev–Trinajstić information content (AvgIpc) is 2.85.